The summed E-state index contributed by atoms with van der Waals surface area (Å²) in [6, 6.07) is 5.11. The Hall–Kier alpha value is -1.37. The van der Waals surface area contributed by atoms with Crippen molar-refractivity contribution in [2.24, 2.45) is 0 Å². The Morgan fingerprint density at radius 3 is 2.71 bits per heavy atom. The largest absolute Gasteiger partial charge is 0.465 e. The van der Waals surface area contributed by atoms with Gasteiger partial charge in [0.2, 0.25) is 10.0 Å². The van der Waals surface area contributed by atoms with E-state index < -0.39 is 10.0 Å². The number of furan rings is 1. The zero-order valence-corrected chi connectivity index (χ0v) is 13.1. The third-order valence-electron chi connectivity index (χ3n) is 3.38. The number of nitrogens with zero attached hydrogens (tertiary/aromatic N) is 2. The van der Waals surface area contributed by atoms with E-state index in [1.807, 2.05) is 13.0 Å². The van der Waals surface area contributed by atoms with Gasteiger partial charge in [-0.25, -0.2) is 8.42 Å². The summed E-state index contributed by atoms with van der Waals surface area (Å²) in [4.78, 5) is 3.91. The van der Waals surface area contributed by atoms with Crippen molar-refractivity contribution in [3.63, 3.8) is 0 Å². The van der Waals surface area contributed by atoms with Crippen molar-refractivity contribution in [3.05, 3.63) is 47.1 Å². The Kier molecular flexibility index (Phi) is 3.77. The SMILES string of the molecule is Cc1ccc(CN(C2CC2)S(=O)(=O)c2cnccc2Cl)o1. The molecule has 112 valence electrons. The smallest absolute Gasteiger partial charge is 0.246 e. The Bertz CT molecular complexity index is 753. The fourth-order valence-corrected chi connectivity index (χ4v) is 4.24. The number of hydrogen-bond donors (Lipinski definition) is 0. The van der Waals surface area contributed by atoms with Crippen LogP contribution in [-0.4, -0.2) is 23.7 Å². The first kappa shape index (κ1) is 14.6. The molecule has 3 rings (SSSR count). The van der Waals surface area contributed by atoms with E-state index in [0.717, 1.165) is 18.6 Å². The fraction of sp³-hybridized carbons (Fsp3) is 0.357. The number of aryl methyl sites for hydroxylation is 1. The van der Waals surface area contributed by atoms with Gasteiger partial charge in [-0.2, -0.15) is 4.31 Å². The van der Waals surface area contributed by atoms with Gasteiger partial charge in [0.15, 0.2) is 0 Å². The molecule has 2 aromatic heterocycles. The van der Waals surface area contributed by atoms with Gasteiger partial charge in [0.05, 0.1) is 11.6 Å². The van der Waals surface area contributed by atoms with Crippen LogP contribution in [0.5, 0.6) is 0 Å². The van der Waals surface area contributed by atoms with Crippen LogP contribution in [-0.2, 0) is 16.6 Å². The molecule has 0 saturated heterocycles. The first-order valence-electron chi connectivity index (χ1n) is 6.65. The molecule has 0 unspecified atom stereocenters. The summed E-state index contributed by atoms with van der Waals surface area (Å²) in [5.41, 5.74) is 0. The Balaban J connectivity index is 1.95. The van der Waals surface area contributed by atoms with Crippen LogP contribution in [0.15, 0.2) is 39.9 Å². The molecule has 1 aliphatic rings. The molecule has 0 radical (unpaired) electrons. The lowest BCUT2D eigenvalue weighted by Crippen LogP contribution is -2.32. The van der Waals surface area contributed by atoms with Crippen molar-refractivity contribution >= 4 is 21.6 Å². The number of pyridine rings is 1. The Labute approximate surface area is 128 Å². The van der Waals surface area contributed by atoms with Crippen LogP contribution >= 0.6 is 11.6 Å². The minimum atomic E-state index is -3.68. The summed E-state index contributed by atoms with van der Waals surface area (Å²) in [5, 5.41) is 0.186. The lowest BCUT2D eigenvalue weighted by molar-refractivity contribution is 0.351. The molecular formula is C14H15ClN2O3S. The number of rotatable bonds is 5. The van der Waals surface area contributed by atoms with E-state index in [2.05, 4.69) is 4.98 Å². The third-order valence-corrected chi connectivity index (χ3v) is 5.75. The predicted octanol–water partition coefficient (Wildman–Crippen LogP) is 2.99. The summed E-state index contributed by atoms with van der Waals surface area (Å²) in [6.07, 6.45) is 4.48. The maximum Gasteiger partial charge on any atom is 0.246 e. The minimum absolute atomic E-state index is 0.0108. The van der Waals surface area contributed by atoms with E-state index in [4.69, 9.17) is 16.0 Å². The van der Waals surface area contributed by atoms with Gasteiger partial charge in [-0.3, -0.25) is 4.98 Å². The summed E-state index contributed by atoms with van der Waals surface area (Å²) in [6.45, 7) is 2.05. The molecule has 1 saturated carbocycles. The monoisotopic (exact) mass is 326 g/mol. The maximum atomic E-state index is 12.8. The summed E-state index contributed by atoms with van der Waals surface area (Å²) < 4.78 is 32.6. The van der Waals surface area contributed by atoms with Crippen molar-refractivity contribution in [1.82, 2.24) is 9.29 Å². The van der Waals surface area contributed by atoms with Gasteiger partial charge in [0, 0.05) is 18.4 Å². The molecule has 1 aliphatic carbocycles. The zero-order chi connectivity index (χ0) is 15.0. The van der Waals surface area contributed by atoms with Crippen molar-refractivity contribution in [3.8, 4) is 0 Å². The Morgan fingerprint density at radius 2 is 2.14 bits per heavy atom. The molecule has 0 N–H and O–H groups in total. The lowest BCUT2D eigenvalue weighted by Gasteiger charge is -2.21. The molecule has 0 aromatic carbocycles. The van der Waals surface area contributed by atoms with Gasteiger partial charge in [-0.05, 0) is 38.0 Å². The highest BCUT2D eigenvalue weighted by Crippen LogP contribution is 2.35. The second kappa shape index (κ2) is 5.44. The molecule has 21 heavy (non-hydrogen) atoms. The van der Waals surface area contributed by atoms with Crippen LogP contribution in [0.1, 0.15) is 24.4 Å². The minimum Gasteiger partial charge on any atom is -0.465 e. The molecule has 0 spiro atoms. The molecule has 2 heterocycles. The van der Waals surface area contributed by atoms with E-state index in [0.29, 0.717) is 5.76 Å². The number of hydrogen-bond acceptors (Lipinski definition) is 4. The molecule has 1 fully saturated rings. The lowest BCUT2D eigenvalue weighted by atomic mass is 10.4. The van der Waals surface area contributed by atoms with Crippen LogP contribution in [0, 0.1) is 6.92 Å². The van der Waals surface area contributed by atoms with Crippen LogP contribution < -0.4 is 0 Å². The van der Waals surface area contributed by atoms with E-state index in [1.165, 1.54) is 22.8 Å². The average molecular weight is 327 g/mol. The highest BCUT2D eigenvalue weighted by Gasteiger charge is 2.39. The maximum absolute atomic E-state index is 12.8. The topological polar surface area (TPSA) is 63.4 Å². The predicted molar refractivity (Wildman–Crippen MR) is 78.4 cm³/mol. The Morgan fingerprint density at radius 1 is 1.38 bits per heavy atom. The third kappa shape index (κ3) is 2.97. The molecule has 0 atom stereocenters. The first-order chi connectivity index (χ1) is 9.98. The molecule has 0 amide bonds. The first-order valence-corrected chi connectivity index (χ1v) is 8.47. The number of sulfonamides is 1. The summed E-state index contributed by atoms with van der Waals surface area (Å²) >= 11 is 6.02. The molecule has 5 nitrogen and oxygen atoms in total. The summed E-state index contributed by atoms with van der Waals surface area (Å²) in [7, 11) is -3.68. The van der Waals surface area contributed by atoms with Crippen molar-refractivity contribution in [1.29, 1.82) is 0 Å². The van der Waals surface area contributed by atoms with Gasteiger partial charge in [-0.1, -0.05) is 11.6 Å². The van der Waals surface area contributed by atoms with Gasteiger partial charge < -0.3 is 4.42 Å². The van der Waals surface area contributed by atoms with Gasteiger partial charge in [0.25, 0.3) is 0 Å². The van der Waals surface area contributed by atoms with Crippen molar-refractivity contribution < 1.29 is 12.8 Å². The molecule has 2 aromatic rings. The second-order valence-corrected chi connectivity index (χ2v) is 7.37. The van der Waals surface area contributed by atoms with E-state index in [1.54, 1.807) is 6.07 Å². The molecule has 0 aliphatic heterocycles. The molecule has 7 heteroatoms. The van der Waals surface area contributed by atoms with E-state index >= 15 is 0 Å². The summed E-state index contributed by atoms with van der Waals surface area (Å²) in [5.74, 6) is 1.39. The van der Waals surface area contributed by atoms with E-state index in [-0.39, 0.29) is 22.5 Å². The van der Waals surface area contributed by atoms with Gasteiger partial charge in [0.1, 0.15) is 16.4 Å². The molecular weight excluding hydrogens is 312 g/mol. The molecule has 0 bridgehead atoms. The number of aromatic nitrogens is 1. The fourth-order valence-electron chi connectivity index (χ4n) is 2.18. The van der Waals surface area contributed by atoms with E-state index in [9.17, 15) is 8.42 Å². The highest BCUT2D eigenvalue weighted by molar-refractivity contribution is 7.89. The van der Waals surface area contributed by atoms with Gasteiger partial charge >= 0.3 is 0 Å². The standard InChI is InChI=1S/C14H15ClN2O3S/c1-10-2-5-12(20-10)9-17(11-3-4-11)21(18,19)14-8-16-7-6-13(14)15/h2,5-8,11H,3-4,9H2,1H3. The van der Waals surface area contributed by atoms with Crippen LogP contribution in [0.3, 0.4) is 0 Å². The zero-order valence-electron chi connectivity index (χ0n) is 11.5. The van der Waals surface area contributed by atoms with Crippen molar-refractivity contribution in [2.45, 2.75) is 37.2 Å². The highest BCUT2D eigenvalue weighted by atomic mass is 35.5. The number of halogens is 1. The van der Waals surface area contributed by atoms with Crippen LogP contribution in [0.2, 0.25) is 5.02 Å². The van der Waals surface area contributed by atoms with Crippen LogP contribution in [0.25, 0.3) is 0 Å². The van der Waals surface area contributed by atoms with Gasteiger partial charge in [-0.15, -0.1) is 0 Å². The second-order valence-electron chi connectivity index (χ2n) is 5.10. The van der Waals surface area contributed by atoms with Crippen molar-refractivity contribution in [2.75, 3.05) is 0 Å². The normalized spacial score (nSPS) is 15.6. The average Bonchev–Trinajstić information content (AvgIpc) is 3.19. The quantitative estimate of drug-likeness (QED) is 0.847. The van der Waals surface area contributed by atoms with Crippen LogP contribution in [0.4, 0.5) is 0 Å².